The molecule has 10 aromatic carbocycles. The molecule has 0 saturated carbocycles. The number of benzene rings is 10. The molecule has 0 spiro atoms. The summed E-state index contributed by atoms with van der Waals surface area (Å²) in [6, 6.07) is 89.2. The van der Waals surface area contributed by atoms with Crippen LogP contribution in [0.25, 0.3) is 112 Å². The fraction of sp³-hybridized carbons (Fsp3) is 0.261. The van der Waals surface area contributed by atoms with Crippen LogP contribution < -0.4 is 22.8 Å². The van der Waals surface area contributed by atoms with Gasteiger partial charge in [-0.05, 0) is 238 Å². The van der Waals surface area contributed by atoms with Gasteiger partial charge in [-0.3, -0.25) is 0 Å². The lowest BCUT2D eigenvalue weighted by Gasteiger charge is -2.25. The standard InChI is InChI=1S/C24H26N.3C23H24N.C22H22N/c1-15-11-12-19-18-9-7-8-10-20(18)24(4,5)23(19)22(15)21-13-16(2)17(3)14-25(21)6;1-15-12-13-18-17-10-6-7-11-19(17)23(3,4)21(18)20(15)22-16(2)9-8-14-24(22)5;1-15-10-13-20(24(5)14-15)21-16(2)11-12-18-17-8-6-7-9-19(17)23(3,4)22(18)21;1-15-12-13-24(5)20(14-15)21-16(2)10-11-18-17-8-6-7-9-19(17)23(3,4)22(18)21;1-15-12-13-17-16-9-5-6-10-18(16)22(2,3)21(17)20(15)19-11-7-8-14-23(19)4/h7-14H,1-6H3;3*6-14H,1-5H3;5-14H,1-4H3/q5*+1. The second-order valence-corrected chi connectivity index (χ2v) is 37.6. The van der Waals surface area contributed by atoms with Crippen LogP contribution in [0.4, 0.5) is 0 Å². The molecule has 15 aromatic rings. The van der Waals surface area contributed by atoms with Gasteiger partial charge in [0.15, 0.2) is 31.0 Å². The first kappa shape index (κ1) is 81.7. The normalized spacial score (nSPS) is 14.4. The molecule has 0 bridgehead atoms. The molecule has 0 radical (unpaired) electrons. The summed E-state index contributed by atoms with van der Waals surface area (Å²) in [7, 11) is 10.7. The third kappa shape index (κ3) is 13.4. The SMILES string of the molecule is Cc1cc(-c2c(C)ccc3c2C(C)(C)c2ccccc2-3)[n+](C)cc1C.Cc1cc[n+](C)c(-c2c(C)ccc3c2C(C)(C)c2ccccc2-3)c1.Cc1ccc(-c2c(C)ccc3c2C(C)(C)c2ccccc2-3)[n+](C)c1.Cc1ccc2c(c1-c1c(C)ccc[n+]1C)C(C)(C)c1ccccc1-2.Cc1ccc2c(c1-c1cccc[n+]1C)C(C)(C)c1ccccc1-2. The molecule has 5 nitrogen and oxygen atoms in total. The predicted molar refractivity (Wildman–Crippen MR) is 500 cm³/mol. The van der Waals surface area contributed by atoms with Crippen LogP contribution in [0.1, 0.15) is 181 Å². The van der Waals surface area contributed by atoms with E-state index in [0.717, 1.165) is 0 Å². The number of aromatic nitrogens is 5. The van der Waals surface area contributed by atoms with Crippen LogP contribution >= 0.6 is 0 Å². The van der Waals surface area contributed by atoms with Crippen molar-refractivity contribution in [1.82, 2.24) is 0 Å². The number of nitrogens with zero attached hydrogens (tertiary/aromatic N) is 5. The third-order valence-corrected chi connectivity index (χ3v) is 27.7. The van der Waals surface area contributed by atoms with Crippen LogP contribution in [0.3, 0.4) is 0 Å². The molecular formula is C115H120N5+5. The Morgan fingerprint density at radius 3 is 0.867 bits per heavy atom. The fourth-order valence-corrected chi connectivity index (χ4v) is 21.5. The topological polar surface area (TPSA) is 19.4 Å². The van der Waals surface area contributed by atoms with E-state index in [1.54, 1.807) is 0 Å². The van der Waals surface area contributed by atoms with Crippen molar-refractivity contribution in [2.75, 3.05) is 0 Å². The van der Waals surface area contributed by atoms with Gasteiger partial charge in [0.05, 0.1) is 27.8 Å². The van der Waals surface area contributed by atoms with Crippen molar-refractivity contribution in [2.45, 2.75) is 166 Å². The van der Waals surface area contributed by atoms with E-state index in [0.29, 0.717) is 0 Å². The Kier molecular flexibility index (Phi) is 20.9. The molecule has 0 amide bonds. The number of hydrogen-bond donors (Lipinski definition) is 0. The van der Waals surface area contributed by atoms with Gasteiger partial charge in [0, 0.05) is 86.2 Å². The first-order chi connectivity index (χ1) is 57.1. The molecule has 5 aromatic heterocycles. The molecule has 5 heteroatoms. The molecule has 0 saturated heterocycles. The molecule has 20 rings (SSSR count). The van der Waals surface area contributed by atoms with E-state index < -0.39 is 0 Å². The highest BCUT2D eigenvalue weighted by atomic mass is 14.9. The minimum atomic E-state index is 0.0130. The summed E-state index contributed by atoms with van der Waals surface area (Å²) >= 11 is 0. The molecular weight excluding hydrogens is 1450 g/mol. The third-order valence-electron chi connectivity index (χ3n) is 27.7. The van der Waals surface area contributed by atoms with Crippen molar-refractivity contribution < 1.29 is 22.8 Å². The highest BCUT2D eigenvalue weighted by Gasteiger charge is 2.45. The Labute approximate surface area is 715 Å². The summed E-state index contributed by atoms with van der Waals surface area (Å²) in [6.45, 7) is 45.7. The Hall–Kier alpha value is -12.1. The molecule has 5 aliphatic rings. The Balaban J connectivity index is 0.000000112. The first-order valence-electron chi connectivity index (χ1n) is 43.1. The average molecular weight is 1570 g/mol. The highest BCUT2D eigenvalue weighted by Crippen LogP contribution is 2.58. The first-order valence-corrected chi connectivity index (χ1v) is 43.1. The molecule has 0 N–H and O–H groups in total. The van der Waals surface area contributed by atoms with E-state index in [-0.39, 0.29) is 27.1 Å². The summed E-state index contributed by atoms with van der Waals surface area (Å²) < 4.78 is 11.3. The molecule has 5 aliphatic carbocycles. The minimum absolute atomic E-state index is 0.0130. The van der Waals surface area contributed by atoms with Gasteiger partial charge in [0.2, 0.25) is 28.5 Å². The summed E-state index contributed by atoms with van der Waals surface area (Å²) in [5.74, 6) is 0. The van der Waals surface area contributed by atoms with E-state index in [2.05, 4.69) is 470 Å². The van der Waals surface area contributed by atoms with Gasteiger partial charge < -0.3 is 0 Å². The van der Waals surface area contributed by atoms with Gasteiger partial charge in [0.25, 0.3) is 0 Å². The summed E-state index contributed by atoms with van der Waals surface area (Å²) in [5.41, 5.74) is 55.2. The monoisotopic (exact) mass is 1570 g/mol. The van der Waals surface area contributed by atoms with Crippen LogP contribution in [0, 0.1) is 69.2 Å². The number of pyridine rings is 5. The zero-order valence-electron chi connectivity index (χ0n) is 75.7. The average Bonchev–Trinajstić information content (AvgIpc) is 1.59. The highest BCUT2D eigenvalue weighted by molar-refractivity contribution is 5.94. The lowest BCUT2D eigenvalue weighted by Crippen LogP contribution is -2.32. The molecule has 600 valence electrons. The molecule has 0 atom stereocenters. The lowest BCUT2D eigenvalue weighted by atomic mass is 9.78. The lowest BCUT2D eigenvalue weighted by molar-refractivity contribution is -0.660. The molecule has 0 fully saturated rings. The summed E-state index contributed by atoms with van der Waals surface area (Å²) in [4.78, 5) is 0. The van der Waals surface area contributed by atoms with Crippen molar-refractivity contribution in [2.24, 2.45) is 35.2 Å². The quantitative estimate of drug-likeness (QED) is 0.153. The summed E-state index contributed by atoms with van der Waals surface area (Å²) in [6.07, 6.45) is 10.9. The molecule has 120 heavy (non-hydrogen) atoms. The van der Waals surface area contributed by atoms with Crippen LogP contribution in [0.15, 0.2) is 274 Å². The predicted octanol–water partition coefficient (Wildman–Crippen LogP) is 25.5. The van der Waals surface area contributed by atoms with Crippen LogP contribution in [0.5, 0.6) is 0 Å². The van der Waals surface area contributed by atoms with E-state index in [1.165, 1.54) is 223 Å². The Morgan fingerprint density at radius 1 is 0.192 bits per heavy atom. The molecule has 0 aliphatic heterocycles. The second-order valence-electron chi connectivity index (χ2n) is 37.6. The number of hydrogen-bond acceptors (Lipinski definition) is 0. The smallest absolute Gasteiger partial charge is 0.201 e. The van der Waals surface area contributed by atoms with Crippen LogP contribution in [-0.4, -0.2) is 0 Å². The van der Waals surface area contributed by atoms with Crippen LogP contribution in [0.2, 0.25) is 0 Å². The number of rotatable bonds is 5. The zero-order chi connectivity index (χ0) is 85.3. The van der Waals surface area contributed by atoms with Crippen molar-refractivity contribution in [3.8, 4) is 112 Å². The van der Waals surface area contributed by atoms with E-state index in [9.17, 15) is 0 Å². The Bertz CT molecular complexity index is 6660. The molecule has 0 unspecified atom stereocenters. The van der Waals surface area contributed by atoms with Crippen molar-refractivity contribution in [3.05, 3.63) is 385 Å². The van der Waals surface area contributed by atoms with Gasteiger partial charge in [-0.25, -0.2) is 22.8 Å². The molecule has 5 heterocycles. The largest absolute Gasteiger partial charge is 0.215 e. The second kappa shape index (κ2) is 30.6. The number of fused-ring (bicyclic) bond motifs is 15. The van der Waals surface area contributed by atoms with Crippen molar-refractivity contribution >= 4 is 0 Å². The van der Waals surface area contributed by atoms with E-state index in [1.807, 2.05) is 0 Å². The van der Waals surface area contributed by atoms with Gasteiger partial charge in [-0.1, -0.05) is 251 Å². The maximum absolute atomic E-state index is 2.36. The van der Waals surface area contributed by atoms with Gasteiger partial charge in [0.1, 0.15) is 35.2 Å². The maximum atomic E-state index is 2.36. The van der Waals surface area contributed by atoms with Crippen molar-refractivity contribution in [1.29, 1.82) is 0 Å². The maximum Gasteiger partial charge on any atom is 0.215 e. The minimum Gasteiger partial charge on any atom is -0.201 e. The van der Waals surface area contributed by atoms with Gasteiger partial charge in [-0.15, -0.1) is 0 Å². The van der Waals surface area contributed by atoms with E-state index in [4.69, 9.17) is 0 Å². The van der Waals surface area contributed by atoms with Gasteiger partial charge >= 0.3 is 0 Å². The summed E-state index contributed by atoms with van der Waals surface area (Å²) in [5, 5.41) is 0. The Morgan fingerprint density at radius 2 is 0.500 bits per heavy atom. The van der Waals surface area contributed by atoms with Gasteiger partial charge in [-0.2, -0.15) is 0 Å². The van der Waals surface area contributed by atoms with E-state index >= 15 is 0 Å². The fourth-order valence-electron chi connectivity index (χ4n) is 21.5. The number of aryl methyl sites for hydroxylation is 15. The van der Waals surface area contributed by atoms with Crippen molar-refractivity contribution in [3.63, 3.8) is 0 Å². The zero-order valence-corrected chi connectivity index (χ0v) is 75.7. The van der Waals surface area contributed by atoms with Crippen LogP contribution in [-0.2, 0) is 62.3 Å².